The van der Waals surface area contributed by atoms with E-state index in [0.717, 1.165) is 31.2 Å². The van der Waals surface area contributed by atoms with Crippen molar-refractivity contribution in [3.05, 3.63) is 29.3 Å². The molecule has 27 heavy (non-hydrogen) atoms. The minimum absolute atomic E-state index is 0.0278. The molecule has 1 aromatic rings. The average molecular weight is 394 g/mol. The Morgan fingerprint density at radius 2 is 1.93 bits per heavy atom. The van der Waals surface area contributed by atoms with Gasteiger partial charge < -0.3 is 10.6 Å². The number of carbonyl (C=O) groups excluding carboxylic acids is 2. The number of fused-ring (bicyclic) bond motifs is 1. The lowest BCUT2D eigenvalue weighted by molar-refractivity contribution is -0.121. The highest BCUT2D eigenvalue weighted by molar-refractivity contribution is 7.92. The van der Waals surface area contributed by atoms with E-state index in [1.54, 1.807) is 18.2 Å². The molecule has 1 saturated carbocycles. The first kappa shape index (κ1) is 19.7. The van der Waals surface area contributed by atoms with E-state index in [0.29, 0.717) is 24.2 Å². The molecule has 1 aliphatic carbocycles. The van der Waals surface area contributed by atoms with Gasteiger partial charge in [0.1, 0.15) is 0 Å². The number of benzene rings is 1. The summed E-state index contributed by atoms with van der Waals surface area (Å²) in [4.78, 5) is 24.3. The zero-order chi connectivity index (χ0) is 19.4. The van der Waals surface area contributed by atoms with Crippen molar-refractivity contribution in [3.8, 4) is 0 Å². The highest BCUT2D eigenvalue weighted by atomic mass is 32.2. The normalized spacial score (nSPS) is 17.4. The van der Waals surface area contributed by atoms with Crippen molar-refractivity contribution >= 4 is 27.5 Å². The molecular weight excluding hydrogens is 366 g/mol. The number of carbonyl (C=O) groups is 2. The Bertz CT molecular complexity index is 816. The van der Waals surface area contributed by atoms with Gasteiger partial charge in [0, 0.05) is 31.1 Å². The van der Waals surface area contributed by atoms with E-state index >= 15 is 0 Å². The molecular formula is C19H27N3O4S. The molecule has 0 saturated heterocycles. The van der Waals surface area contributed by atoms with Gasteiger partial charge in [0.15, 0.2) is 0 Å². The molecule has 2 aliphatic rings. The molecule has 0 atom stereocenters. The summed E-state index contributed by atoms with van der Waals surface area (Å²) in [5.74, 6) is -0.277. The van der Waals surface area contributed by atoms with Gasteiger partial charge in [-0.15, -0.1) is 0 Å². The van der Waals surface area contributed by atoms with Crippen LogP contribution in [0.5, 0.6) is 0 Å². The first-order chi connectivity index (χ1) is 12.8. The van der Waals surface area contributed by atoms with E-state index < -0.39 is 10.0 Å². The molecule has 2 amide bonds. The van der Waals surface area contributed by atoms with Crippen molar-refractivity contribution in [2.45, 2.75) is 51.0 Å². The van der Waals surface area contributed by atoms with Gasteiger partial charge in [0.05, 0.1) is 11.9 Å². The standard InChI is InChI=1S/C19H27N3O4S/c1-27(25,26)22-12-10-14-13-15(7-8-17(14)22)19(24)20-11-9-18(23)21-16-5-3-2-4-6-16/h7-8,13,16H,2-6,9-12H2,1H3,(H,20,24)(H,21,23). The van der Waals surface area contributed by atoms with Crippen LogP contribution in [0, 0.1) is 0 Å². The number of sulfonamides is 1. The Morgan fingerprint density at radius 1 is 1.19 bits per heavy atom. The average Bonchev–Trinajstić information content (AvgIpc) is 3.06. The second kappa shape index (κ2) is 8.29. The number of hydrogen-bond donors (Lipinski definition) is 2. The van der Waals surface area contributed by atoms with Crippen molar-refractivity contribution in [3.63, 3.8) is 0 Å². The summed E-state index contributed by atoms with van der Waals surface area (Å²) in [5, 5.41) is 5.80. The van der Waals surface area contributed by atoms with Crippen LogP contribution in [0.1, 0.15) is 54.4 Å². The van der Waals surface area contributed by atoms with Gasteiger partial charge in [-0.05, 0) is 43.0 Å². The molecule has 0 spiro atoms. The third-order valence-corrected chi connectivity index (χ3v) is 6.38. The maximum Gasteiger partial charge on any atom is 0.251 e. The molecule has 0 aromatic heterocycles. The van der Waals surface area contributed by atoms with Gasteiger partial charge >= 0.3 is 0 Å². The molecule has 2 N–H and O–H groups in total. The summed E-state index contributed by atoms with van der Waals surface area (Å²) in [6, 6.07) is 5.31. The fourth-order valence-electron chi connectivity index (χ4n) is 3.80. The fraction of sp³-hybridized carbons (Fsp3) is 0.579. The second-order valence-corrected chi connectivity index (χ2v) is 9.24. The van der Waals surface area contributed by atoms with E-state index in [4.69, 9.17) is 0 Å². The number of hydrogen-bond acceptors (Lipinski definition) is 4. The number of nitrogens with zero attached hydrogens (tertiary/aromatic N) is 1. The highest BCUT2D eigenvalue weighted by Gasteiger charge is 2.26. The maximum atomic E-state index is 12.3. The molecule has 0 radical (unpaired) electrons. The quantitative estimate of drug-likeness (QED) is 0.767. The van der Waals surface area contributed by atoms with E-state index in [1.807, 2.05) is 0 Å². The van der Waals surface area contributed by atoms with Gasteiger partial charge in [-0.1, -0.05) is 19.3 Å². The van der Waals surface area contributed by atoms with Crippen molar-refractivity contribution in [1.29, 1.82) is 0 Å². The van der Waals surface area contributed by atoms with Crippen LogP contribution in [-0.2, 0) is 21.2 Å². The number of amides is 2. The Hall–Kier alpha value is -2.09. The summed E-state index contributed by atoms with van der Waals surface area (Å²) in [5.41, 5.74) is 1.97. The summed E-state index contributed by atoms with van der Waals surface area (Å²) in [7, 11) is -3.30. The van der Waals surface area contributed by atoms with Crippen LogP contribution in [0.4, 0.5) is 5.69 Å². The van der Waals surface area contributed by atoms with Crippen LogP contribution in [0.15, 0.2) is 18.2 Å². The smallest absolute Gasteiger partial charge is 0.251 e. The molecule has 1 aliphatic heterocycles. The van der Waals surface area contributed by atoms with Crippen molar-refractivity contribution in [1.82, 2.24) is 10.6 Å². The molecule has 1 heterocycles. The summed E-state index contributed by atoms with van der Waals surface area (Å²) in [6.45, 7) is 0.685. The minimum Gasteiger partial charge on any atom is -0.353 e. The van der Waals surface area contributed by atoms with Gasteiger partial charge in [-0.25, -0.2) is 8.42 Å². The van der Waals surface area contributed by atoms with Gasteiger partial charge in [-0.2, -0.15) is 0 Å². The van der Waals surface area contributed by atoms with Gasteiger partial charge in [0.25, 0.3) is 5.91 Å². The zero-order valence-electron chi connectivity index (χ0n) is 15.7. The SMILES string of the molecule is CS(=O)(=O)N1CCc2cc(C(=O)NCCC(=O)NC3CCCCC3)ccc21. The van der Waals surface area contributed by atoms with Gasteiger partial charge in [-0.3, -0.25) is 13.9 Å². The van der Waals surface area contributed by atoms with Crippen LogP contribution in [-0.4, -0.2) is 45.6 Å². The van der Waals surface area contributed by atoms with Gasteiger partial charge in [0.2, 0.25) is 15.9 Å². The molecule has 1 fully saturated rings. The lowest BCUT2D eigenvalue weighted by Gasteiger charge is -2.22. The molecule has 1 aromatic carbocycles. The molecule has 0 unspecified atom stereocenters. The van der Waals surface area contributed by atoms with Crippen molar-refractivity contribution < 1.29 is 18.0 Å². The Kier molecular flexibility index (Phi) is 6.04. The molecule has 8 heteroatoms. The Balaban J connectivity index is 1.49. The fourth-order valence-corrected chi connectivity index (χ4v) is 4.75. The summed E-state index contributed by atoms with van der Waals surface area (Å²) in [6.07, 6.45) is 7.68. The largest absolute Gasteiger partial charge is 0.353 e. The van der Waals surface area contributed by atoms with Crippen LogP contribution in [0.3, 0.4) is 0 Å². The predicted octanol–water partition coefficient (Wildman–Crippen LogP) is 1.58. The van der Waals surface area contributed by atoms with Crippen LogP contribution in [0.2, 0.25) is 0 Å². The van der Waals surface area contributed by atoms with Crippen LogP contribution < -0.4 is 14.9 Å². The van der Waals surface area contributed by atoms with Crippen LogP contribution >= 0.6 is 0 Å². The summed E-state index contributed by atoms with van der Waals surface area (Å²) < 4.78 is 24.9. The van der Waals surface area contributed by atoms with Crippen molar-refractivity contribution in [2.24, 2.45) is 0 Å². The zero-order valence-corrected chi connectivity index (χ0v) is 16.5. The monoisotopic (exact) mass is 393 g/mol. The van der Waals surface area contributed by atoms with E-state index in [2.05, 4.69) is 10.6 Å². The second-order valence-electron chi connectivity index (χ2n) is 7.34. The molecule has 0 bridgehead atoms. The minimum atomic E-state index is -3.30. The molecule has 148 valence electrons. The first-order valence-corrected chi connectivity index (χ1v) is 11.4. The maximum absolute atomic E-state index is 12.3. The molecule has 7 nitrogen and oxygen atoms in total. The third kappa shape index (κ3) is 5.00. The van der Waals surface area contributed by atoms with E-state index in [-0.39, 0.29) is 30.8 Å². The molecule has 3 rings (SSSR count). The van der Waals surface area contributed by atoms with Crippen molar-refractivity contribution in [2.75, 3.05) is 23.7 Å². The number of rotatable bonds is 6. The van der Waals surface area contributed by atoms with E-state index in [9.17, 15) is 18.0 Å². The Morgan fingerprint density at radius 3 is 2.63 bits per heavy atom. The topological polar surface area (TPSA) is 95.6 Å². The third-order valence-electron chi connectivity index (χ3n) is 5.20. The highest BCUT2D eigenvalue weighted by Crippen LogP contribution is 2.30. The Labute approximate surface area is 160 Å². The number of nitrogens with one attached hydrogen (secondary N) is 2. The predicted molar refractivity (Wildman–Crippen MR) is 104 cm³/mol. The lowest BCUT2D eigenvalue weighted by Crippen LogP contribution is -2.38. The summed E-state index contributed by atoms with van der Waals surface area (Å²) >= 11 is 0. The number of anilines is 1. The van der Waals surface area contributed by atoms with Crippen LogP contribution in [0.25, 0.3) is 0 Å². The lowest BCUT2D eigenvalue weighted by atomic mass is 9.95. The van der Waals surface area contributed by atoms with E-state index in [1.165, 1.54) is 17.0 Å². The first-order valence-electron chi connectivity index (χ1n) is 9.53.